The molecule has 1 atom stereocenters. The Labute approximate surface area is 113 Å². The molecule has 5 heteroatoms. The Morgan fingerprint density at radius 1 is 1.16 bits per heavy atom. The molecule has 1 N–H and O–H groups in total. The first-order valence-electron chi connectivity index (χ1n) is 7.19. The Kier molecular flexibility index (Phi) is 4.25. The molecule has 0 spiro atoms. The van der Waals surface area contributed by atoms with Crippen LogP contribution in [-0.2, 0) is 22.3 Å². The van der Waals surface area contributed by atoms with Crippen molar-refractivity contribution in [3.05, 3.63) is 17.6 Å². The molecule has 1 aliphatic heterocycles. The van der Waals surface area contributed by atoms with Crippen molar-refractivity contribution in [3.8, 4) is 0 Å². The smallest absolute Gasteiger partial charge is 0.132 e. The Morgan fingerprint density at radius 2 is 2.11 bits per heavy atom. The van der Waals surface area contributed by atoms with E-state index in [1.165, 1.54) is 30.5 Å². The third-order valence-corrected chi connectivity index (χ3v) is 3.76. The van der Waals surface area contributed by atoms with Crippen molar-refractivity contribution in [1.29, 1.82) is 0 Å². The molecule has 1 aromatic heterocycles. The normalized spacial score (nSPS) is 23.5. The first kappa shape index (κ1) is 12.8. The fourth-order valence-electron chi connectivity index (χ4n) is 2.72. The van der Waals surface area contributed by atoms with E-state index in [1.807, 2.05) is 0 Å². The van der Waals surface area contributed by atoms with E-state index in [2.05, 4.69) is 15.3 Å². The number of fused-ring (bicyclic) bond motifs is 1. The molecule has 1 unspecified atom stereocenters. The van der Waals surface area contributed by atoms with Gasteiger partial charge in [-0.2, -0.15) is 0 Å². The molecular weight excluding hydrogens is 242 g/mol. The standard InChI is InChI=1S/C14H21N3O2/c1-2-4-12-13(5-3-1)16-10-17-14(12)15-8-11-9-18-6-7-19-11/h10-11H,1-9H2,(H,15,16,17). The fraction of sp³-hybridized carbons (Fsp3) is 0.714. The van der Waals surface area contributed by atoms with Gasteiger partial charge in [0.15, 0.2) is 0 Å². The molecule has 3 rings (SSSR count). The highest BCUT2D eigenvalue weighted by molar-refractivity contribution is 5.46. The molecular formula is C14H21N3O2. The third-order valence-electron chi connectivity index (χ3n) is 3.76. The molecule has 0 aromatic carbocycles. The molecule has 1 aliphatic carbocycles. The topological polar surface area (TPSA) is 56.3 Å². The number of aromatic nitrogens is 2. The Morgan fingerprint density at radius 3 is 3.00 bits per heavy atom. The van der Waals surface area contributed by atoms with Gasteiger partial charge in [0.2, 0.25) is 0 Å². The summed E-state index contributed by atoms with van der Waals surface area (Å²) in [7, 11) is 0. The van der Waals surface area contributed by atoms with Gasteiger partial charge in [-0.3, -0.25) is 0 Å². The monoisotopic (exact) mass is 263 g/mol. The number of ether oxygens (including phenoxy) is 2. The summed E-state index contributed by atoms with van der Waals surface area (Å²) in [6.45, 7) is 2.82. The van der Waals surface area contributed by atoms with Gasteiger partial charge < -0.3 is 14.8 Å². The Hall–Kier alpha value is -1.20. The lowest BCUT2D eigenvalue weighted by molar-refractivity contribution is -0.0819. The lowest BCUT2D eigenvalue weighted by Gasteiger charge is -2.23. The van der Waals surface area contributed by atoms with Crippen molar-refractivity contribution in [2.45, 2.75) is 38.2 Å². The molecule has 1 saturated heterocycles. The second-order valence-corrected chi connectivity index (χ2v) is 5.16. The van der Waals surface area contributed by atoms with Crippen LogP contribution in [0.15, 0.2) is 6.33 Å². The molecule has 1 fully saturated rings. The van der Waals surface area contributed by atoms with Crippen molar-refractivity contribution in [1.82, 2.24) is 9.97 Å². The highest BCUT2D eigenvalue weighted by Crippen LogP contribution is 2.23. The van der Waals surface area contributed by atoms with Gasteiger partial charge in [0.25, 0.3) is 0 Å². The van der Waals surface area contributed by atoms with Gasteiger partial charge in [0, 0.05) is 17.8 Å². The molecule has 19 heavy (non-hydrogen) atoms. The van der Waals surface area contributed by atoms with Crippen LogP contribution in [0.5, 0.6) is 0 Å². The number of anilines is 1. The van der Waals surface area contributed by atoms with E-state index in [4.69, 9.17) is 9.47 Å². The number of nitrogens with one attached hydrogen (secondary N) is 1. The van der Waals surface area contributed by atoms with E-state index in [0.717, 1.165) is 25.2 Å². The van der Waals surface area contributed by atoms with Crippen molar-refractivity contribution >= 4 is 5.82 Å². The molecule has 1 aromatic rings. The number of rotatable bonds is 3. The number of hydrogen-bond acceptors (Lipinski definition) is 5. The lowest BCUT2D eigenvalue weighted by Crippen LogP contribution is -2.34. The minimum Gasteiger partial charge on any atom is -0.376 e. The second-order valence-electron chi connectivity index (χ2n) is 5.16. The van der Waals surface area contributed by atoms with Gasteiger partial charge in [0.05, 0.1) is 25.9 Å². The first-order valence-corrected chi connectivity index (χ1v) is 7.19. The van der Waals surface area contributed by atoms with Gasteiger partial charge >= 0.3 is 0 Å². The molecule has 0 bridgehead atoms. The summed E-state index contributed by atoms with van der Waals surface area (Å²) in [6, 6.07) is 0. The fourth-order valence-corrected chi connectivity index (χ4v) is 2.72. The van der Waals surface area contributed by atoms with Crippen molar-refractivity contribution in [2.75, 3.05) is 31.7 Å². The van der Waals surface area contributed by atoms with Crippen molar-refractivity contribution < 1.29 is 9.47 Å². The zero-order valence-corrected chi connectivity index (χ0v) is 11.2. The van der Waals surface area contributed by atoms with Crippen LogP contribution < -0.4 is 5.32 Å². The predicted molar refractivity (Wildman–Crippen MR) is 72.3 cm³/mol. The summed E-state index contributed by atoms with van der Waals surface area (Å²) >= 11 is 0. The average Bonchev–Trinajstić information content (AvgIpc) is 2.72. The van der Waals surface area contributed by atoms with Crippen LogP contribution in [0, 0.1) is 0 Å². The van der Waals surface area contributed by atoms with Crippen LogP contribution >= 0.6 is 0 Å². The third kappa shape index (κ3) is 3.22. The highest BCUT2D eigenvalue weighted by Gasteiger charge is 2.17. The maximum absolute atomic E-state index is 5.64. The van der Waals surface area contributed by atoms with E-state index in [9.17, 15) is 0 Å². The first-order chi connectivity index (χ1) is 9.43. The summed E-state index contributed by atoms with van der Waals surface area (Å²) in [5.41, 5.74) is 2.52. The molecule has 0 amide bonds. The van der Waals surface area contributed by atoms with E-state index in [-0.39, 0.29) is 6.10 Å². The quantitative estimate of drug-likeness (QED) is 0.839. The van der Waals surface area contributed by atoms with Crippen LogP contribution in [0.1, 0.15) is 30.5 Å². The second kappa shape index (κ2) is 6.30. The minimum atomic E-state index is 0.130. The minimum absolute atomic E-state index is 0.130. The van der Waals surface area contributed by atoms with E-state index in [1.54, 1.807) is 6.33 Å². The van der Waals surface area contributed by atoms with E-state index < -0.39 is 0 Å². The molecule has 2 aliphatic rings. The Bertz CT molecular complexity index is 419. The Balaban J connectivity index is 1.66. The number of aryl methyl sites for hydroxylation is 1. The van der Waals surface area contributed by atoms with E-state index in [0.29, 0.717) is 19.8 Å². The predicted octanol–water partition coefficient (Wildman–Crippen LogP) is 1.57. The zero-order chi connectivity index (χ0) is 12.9. The van der Waals surface area contributed by atoms with Crippen LogP contribution in [0.3, 0.4) is 0 Å². The zero-order valence-electron chi connectivity index (χ0n) is 11.2. The van der Waals surface area contributed by atoms with Crippen LogP contribution in [0.4, 0.5) is 5.82 Å². The van der Waals surface area contributed by atoms with E-state index >= 15 is 0 Å². The molecule has 0 radical (unpaired) electrons. The average molecular weight is 263 g/mol. The molecule has 0 saturated carbocycles. The van der Waals surface area contributed by atoms with Crippen LogP contribution in [0.2, 0.25) is 0 Å². The van der Waals surface area contributed by atoms with Crippen molar-refractivity contribution in [2.24, 2.45) is 0 Å². The highest BCUT2D eigenvalue weighted by atomic mass is 16.6. The van der Waals surface area contributed by atoms with Gasteiger partial charge in [-0.25, -0.2) is 9.97 Å². The summed E-state index contributed by atoms with van der Waals surface area (Å²) in [5.74, 6) is 0.987. The van der Waals surface area contributed by atoms with Gasteiger partial charge in [-0.05, 0) is 25.7 Å². The van der Waals surface area contributed by atoms with Crippen molar-refractivity contribution in [3.63, 3.8) is 0 Å². The van der Waals surface area contributed by atoms with Gasteiger partial charge in [0.1, 0.15) is 12.1 Å². The number of hydrogen-bond donors (Lipinski definition) is 1. The summed E-state index contributed by atoms with van der Waals surface area (Å²) in [4.78, 5) is 8.83. The summed E-state index contributed by atoms with van der Waals surface area (Å²) < 4.78 is 11.0. The largest absolute Gasteiger partial charge is 0.376 e. The summed E-state index contributed by atoms with van der Waals surface area (Å²) in [5, 5.41) is 3.41. The maximum Gasteiger partial charge on any atom is 0.132 e. The van der Waals surface area contributed by atoms with Gasteiger partial charge in [-0.15, -0.1) is 0 Å². The SMILES string of the molecule is c1nc2c(c(NCC3COCCO3)n1)CCCCC2. The van der Waals surface area contributed by atoms with Crippen LogP contribution in [-0.4, -0.2) is 42.4 Å². The molecule has 2 heterocycles. The lowest BCUT2D eigenvalue weighted by atomic mass is 10.1. The maximum atomic E-state index is 5.64. The summed E-state index contributed by atoms with van der Waals surface area (Å²) in [6.07, 6.45) is 7.72. The van der Waals surface area contributed by atoms with Crippen LogP contribution in [0.25, 0.3) is 0 Å². The molecule has 5 nitrogen and oxygen atoms in total. The number of nitrogens with zero attached hydrogens (tertiary/aromatic N) is 2. The molecule has 104 valence electrons. The van der Waals surface area contributed by atoms with Gasteiger partial charge in [-0.1, -0.05) is 6.42 Å².